The Morgan fingerprint density at radius 2 is 1.46 bits per heavy atom. The molecule has 1 unspecified atom stereocenters. The molecule has 0 aliphatic carbocycles. The van der Waals surface area contributed by atoms with Gasteiger partial charge in [-0.2, -0.15) is 26.3 Å². The largest absolute Gasteiger partial charge is 0.508 e. The van der Waals surface area contributed by atoms with Crippen LogP contribution < -0.4 is 4.90 Å². The molecule has 3 aromatic rings. The molecule has 6 nitrogen and oxygen atoms in total. The first kappa shape index (κ1) is 34.8. The Labute approximate surface area is 283 Å². The van der Waals surface area contributed by atoms with E-state index in [0.717, 1.165) is 58.6 Å². The van der Waals surface area contributed by atoms with Crippen molar-refractivity contribution in [1.29, 1.82) is 0 Å². The number of aryl methyl sites for hydroxylation is 2. The van der Waals surface area contributed by atoms with E-state index < -0.39 is 54.0 Å². The molecule has 0 fully saturated rings. The fourth-order valence-corrected chi connectivity index (χ4v) is 9.43. The van der Waals surface area contributed by atoms with Crippen molar-refractivity contribution in [3.05, 3.63) is 78.8 Å². The summed E-state index contributed by atoms with van der Waals surface area (Å²) in [6.07, 6.45) is 11.4. The number of rotatable bonds is 7. The first-order valence-electron chi connectivity index (χ1n) is 14.8. The van der Waals surface area contributed by atoms with Crippen molar-refractivity contribution in [2.45, 2.75) is 63.1 Å². The molecule has 0 amide bonds. The molecule has 6 rings (SSSR count). The summed E-state index contributed by atoms with van der Waals surface area (Å²) in [5.74, 6) is -2.11. The lowest BCUT2D eigenvalue weighted by molar-refractivity contribution is -0.0459. The highest BCUT2D eigenvalue weighted by atomic mass is 32.2. The van der Waals surface area contributed by atoms with Crippen LogP contribution >= 0.6 is 22.7 Å². The zero-order valence-electron chi connectivity index (χ0n) is 25.8. The van der Waals surface area contributed by atoms with Crippen LogP contribution in [-0.4, -0.2) is 42.3 Å². The normalized spacial score (nSPS) is 20.1. The van der Waals surface area contributed by atoms with E-state index in [1.165, 1.54) is 54.2 Å². The van der Waals surface area contributed by atoms with Gasteiger partial charge in [-0.3, -0.25) is 0 Å². The lowest BCUT2D eigenvalue weighted by Crippen LogP contribution is -2.34. The Balaban J connectivity index is 1.29. The summed E-state index contributed by atoms with van der Waals surface area (Å²) in [4.78, 5) is 2.75. The molecule has 0 saturated heterocycles. The van der Waals surface area contributed by atoms with Crippen molar-refractivity contribution in [2.24, 2.45) is 0 Å². The minimum Gasteiger partial charge on any atom is -0.478 e. The van der Waals surface area contributed by atoms with Crippen molar-refractivity contribution >= 4 is 76.9 Å². The van der Waals surface area contributed by atoms with Gasteiger partial charge in [0.2, 0.25) is 0 Å². The summed E-state index contributed by atoms with van der Waals surface area (Å²) >= 11 is -1.11. The minimum absolute atomic E-state index is 0.223. The van der Waals surface area contributed by atoms with Crippen molar-refractivity contribution in [3.8, 4) is 0 Å². The summed E-state index contributed by atoms with van der Waals surface area (Å²) in [6.45, 7) is 5.38. The average molecular weight is 750 g/mol. The molecule has 3 aliphatic rings. The summed E-state index contributed by atoms with van der Waals surface area (Å²) in [5, 5.41) is 0. The summed E-state index contributed by atoms with van der Waals surface area (Å²) in [5.41, 5.74) is -7.68. The van der Waals surface area contributed by atoms with Gasteiger partial charge in [0.25, 0.3) is 9.84 Å². The third-order valence-corrected chi connectivity index (χ3v) is 12.8. The van der Waals surface area contributed by atoms with Crippen molar-refractivity contribution in [2.75, 3.05) is 18.0 Å². The number of fused-ring (bicyclic) bond motifs is 1. The summed E-state index contributed by atoms with van der Waals surface area (Å²) in [6, 6.07) is 8.39. The number of hydrogen-bond acceptors (Lipinski definition) is 8. The first-order valence-corrected chi connectivity index (χ1v) is 19.0. The number of benzene rings is 1. The fourth-order valence-electron chi connectivity index (χ4n) is 6.07. The topological polar surface area (TPSA) is 72.9 Å². The van der Waals surface area contributed by atoms with E-state index in [1.54, 1.807) is 11.3 Å². The summed E-state index contributed by atoms with van der Waals surface area (Å²) in [7, 11) is -6.02. The number of anilines is 1. The van der Waals surface area contributed by atoms with E-state index in [9.17, 15) is 39.0 Å². The van der Waals surface area contributed by atoms with Gasteiger partial charge in [0, 0.05) is 43.5 Å². The van der Waals surface area contributed by atoms with Gasteiger partial charge in [-0.1, -0.05) is 6.08 Å². The Hall–Kier alpha value is -3.08. The van der Waals surface area contributed by atoms with Crippen LogP contribution in [0.15, 0.2) is 52.3 Å². The molecular weight excluding hydrogens is 721 g/mol. The average Bonchev–Trinajstić information content (AvgIpc) is 3.63. The molecular formula is C32H29F6NO5S4. The third kappa shape index (κ3) is 6.60. The lowest BCUT2D eigenvalue weighted by atomic mass is 9.90. The van der Waals surface area contributed by atoms with Crippen LogP contribution in [0, 0.1) is 0 Å². The second kappa shape index (κ2) is 12.4. The maximum Gasteiger partial charge on any atom is 0.508 e. The van der Waals surface area contributed by atoms with Crippen LogP contribution in [0.2, 0.25) is 0 Å². The second-order valence-corrected chi connectivity index (χ2v) is 17.4. The van der Waals surface area contributed by atoms with Crippen LogP contribution in [-0.2, 0) is 42.7 Å². The van der Waals surface area contributed by atoms with Crippen molar-refractivity contribution in [3.63, 3.8) is 0 Å². The maximum absolute atomic E-state index is 13.3. The molecule has 2 aromatic heterocycles. The Morgan fingerprint density at radius 3 is 1.98 bits per heavy atom. The van der Waals surface area contributed by atoms with E-state index >= 15 is 0 Å². The van der Waals surface area contributed by atoms with E-state index in [0.29, 0.717) is 11.8 Å². The molecule has 1 atom stereocenters. The number of halogens is 6. The van der Waals surface area contributed by atoms with Crippen LogP contribution in [0.1, 0.15) is 60.1 Å². The van der Waals surface area contributed by atoms with Gasteiger partial charge in [-0.05, 0) is 106 Å². The molecule has 0 bridgehead atoms. The number of hydrogen-bond donors (Lipinski definition) is 0. The summed E-state index contributed by atoms with van der Waals surface area (Å²) < 4.78 is 128. The predicted molar refractivity (Wildman–Crippen MR) is 178 cm³/mol. The van der Waals surface area contributed by atoms with E-state index in [1.807, 2.05) is 12.1 Å². The standard InChI is InChI=1S/C32H29F6NO5S4/c1-18(48(41,42)32(36,37)38)28-29(44-47(40)31(33,34)35)24(30(2,3)43-28)11-10-23-17-26-25(46-23)16-22(45-26)9-8-19-14-20-6-4-12-39-13-5-7-21(15-19)27(20)39/h8-11,14-17H,4-7,12-13H2,1-3H3/b9-8+,11-10+,28-18?. The Bertz CT molecular complexity index is 1980. The molecule has 0 saturated carbocycles. The van der Waals surface area contributed by atoms with Gasteiger partial charge in [0.05, 0.1) is 4.91 Å². The van der Waals surface area contributed by atoms with Crippen molar-refractivity contribution < 1.29 is 47.9 Å². The minimum atomic E-state index is -6.02. The molecule has 0 N–H and O–H groups in total. The third-order valence-electron chi connectivity index (χ3n) is 8.29. The second-order valence-electron chi connectivity index (χ2n) is 12.0. The van der Waals surface area contributed by atoms with Gasteiger partial charge < -0.3 is 13.8 Å². The quantitative estimate of drug-likeness (QED) is 0.225. The number of ether oxygens (including phenoxy) is 1. The molecule has 0 spiro atoms. The number of alkyl halides is 6. The van der Waals surface area contributed by atoms with Gasteiger partial charge in [-0.25, -0.2) is 12.6 Å². The Kier molecular flexibility index (Phi) is 8.95. The van der Waals surface area contributed by atoms with E-state index in [2.05, 4.69) is 33.4 Å². The van der Waals surface area contributed by atoms with Gasteiger partial charge in [-0.15, -0.1) is 22.7 Å². The number of sulfone groups is 1. The van der Waals surface area contributed by atoms with Crippen LogP contribution in [0.4, 0.5) is 32.0 Å². The van der Waals surface area contributed by atoms with Crippen LogP contribution in [0.3, 0.4) is 0 Å². The van der Waals surface area contributed by atoms with E-state index in [-0.39, 0.29) is 5.57 Å². The highest BCUT2D eigenvalue weighted by Crippen LogP contribution is 2.46. The fraction of sp³-hybridized carbons (Fsp3) is 0.375. The highest BCUT2D eigenvalue weighted by Gasteiger charge is 2.52. The van der Waals surface area contributed by atoms with E-state index in [4.69, 9.17) is 4.74 Å². The predicted octanol–water partition coefficient (Wildman–Crippen LogP) is 9.27. The Morgan fingerprint density at radius 1 is 0.917 bits per heavy atom. The number of allylic oxidation sites excluding steroid dienone is 1. The monoisotopic (exact) mass is 749 g/mol. The van der Waals surface area contributed by atoms with Crippen molar-refractivity contribution in [1.82, 2.24) is 0 Å². The SMILES string of the molecule is CC(=C1OC(C)(C)C(/C=C/c2cc3sc(/C=C/c4cc5c6c(c4)CCCN6CCC5)cc3s2)=C1OS(=O)C(F)(F)F)S(=O)(=O)C(F)(F)F. The van der Waals surface area contributed by atoms with Gasteiger partial charge in [0.1, 0.15) is 5.60 Å². The smallest absolute Gasteiger partial charge is 0.478 e. The molecule has 258 valence electrons. The molecule has 1 aromatic carbocycles. The van der Waals surface area contributed by atoms with Crippen LogP contribution in [0.25, 0.3) is 27.6 Å². The van der Waals surface area contributed by atoms with Gasteiger partial charge >= 0.3 is 22.1 Å². The molecule has 3 aliphatic heterocycles. The van der Waals surface area contributed by atoms with Crippen LogP contribution in [0.5, 0.6) is 0 Å². The number of thiophene rings is 2. The number of nitrogens with zero attached hydrogens (tertiary/aromatic N) is 1. The molecule has 5 heterocycles. The zero-order valence-corrected chi connectivity index (χ0v) is 29.0. The van der Waals surface area contributed by atoms with Gasteiger partial charge in [0.15, 0.2) is 11.5 Å². The lowest BCUT2D eigenvalue weighted by Gasteiger charge is -2.37. The molecule has 16 heteroatoms. The molecule has 48 heavy (non-hydrogen) atoms. The first-order chi connectivity index (χ1) is 22.3. The zero-order chi connectivity index (χ0) is 34.8. The highest BCUT2D eigenvalue weighted by molar-refractivity contribution is 7.96. The maximum atomic E-state index is 13.3. The molecule has 0 radical (unpaired) electrons.